The Hall–Kier alpha value is -1.90. The molecule has 2 aromatic heterocycles. The Morgan fingerprint density at radius 3 is 2.71 bits per heavy atom. The van der Waals surface area contributed by atoms with Gasteiger partial charge in [0.05, 0.1) is 0 Å². The summed E-state index contributed by atoms with van der Waals surface area (Å²) in [6.45, 7) is 5.93. The van der Waals surface area contributed by atoms with Gasteiger partial charge in [0.2, 0.25) is 11.0 Å². The quantitative estimate of drug-likeness (QED) is 0.811. The van der Waals surface area contributed by atoms with Gasteiger partial charge < -0.3 is 0 Å². The monoisotopic (exact) mass is 253 g/mol. The molecule has 0 radical (unpaired) electrons. The maximum absolute atomic E-state index is 11.7. The van der Waals surface area contributed by atoms with E-state index in [1.54, 1.807) is 0 Å². The van der Waals surface area contributed by atoms with Crippen LogP contribution in [0.25, 0.3) is 0 Å². The number of hydrogen-bond acceptors (Lipinski definition) is 7. The Bertz CT molecular complexity index is 512. The van der Waals surface area contributed by atoms with Gasteiger partial charge in [0, 0.05) is 16.9 Å². The number of H-pyrrole nitrogens is 1. The second-order valence-corrected chi connectivity index (χ2v) is 5.11. The molecule has 90 valence electrons. The molecule has 9 heteroatoms. The molecule has 0 saturated heterocycles. The Labute approximate surface area is 101 Å². The topological polar surface area (TPSA) is 109 Å². The lowest BCUT2D eigenvalue weighted by Crippen LogP contribution is -2.16. The average molecular weight is 253 g/mol. The largest absolute Gasteiger partial charge is 0.297 e. The molecule has 0 saturated carbocycles. The number of rotatable bonds is 2. The van der Waals surface area contributed by atoms with Crippen LogP contribution < -0.4 is 5.32 Å². The minimum absolute atomic E-state index is 0.0742. The molecule has 0 aliphatic rings. The standard InChI is InChI=1S/C8H11N7OS/c1-8(2,3)6-9-4(11-12-6)5(16)10-7-13-14-15-17-7/h1-3H3,(H,9,11,12)(H,10,13,15,16). The lowest BCUT2D eigenvalue weighted by molar-refractivity contribution is 0.101. The third-order valence-electron chi connectivity index (χ3n) is 1.92. The molecular weight excluding hydrogens is 242 g/mol. The molecule has 1 amide bonds. The highest BCUT2D eigenvalue weighted by atomic mass is 32.1. The van der Waals surface area contributed by atoms with E-state index in [2.05, 4.69) is 35.3 Å². The zero-order valence-corrected chi connectivity index (χ0v) is 10.4. The van der Waals surface area contributed by atoms with E-state index in [0.717, 1.165) is 11.5 Å². The number of aromatic nitrogens is 6. The number of nitrogens with zero attached hydrogens (tertiary/aromatic N) is 5. The van der Waals surface area contributed by atoms with Crippen LogP contribution in [0.3, 0.4) is 0 Å². The van der Waals surface area contributed by atoms with Gasteiger partial charge in [-0.05, 0) is 5.21 Å². The first-order valence-electron chi connectivity index (χ1n) is 4.86. The molecule has 2 N–H and O–H groups in total. The Morgan fingerprint density at radius 2 is 2.18 bits per heavy atom. The SMILES string of the molecule is CC(C)(C)c1nc(C(=O)Nc2nnns2)n[nH]1. The van der Waals surface area contributed by atoms with Crippen LogP contribution in [0.1, 0.15) is 37.2 Å². The van der Waals surface area contributed by atoms with Crippen LogP contribution in [0.5, 0.6) is 0 Å². The Morgan fingerprint density at radius 1 is 1.41 bits per heavy atom. The molecule has 0 aliphatic heterocycles. The molecule has 0 aliphatic carbocycles. The summed E-state index contributed by atoms with van der Waals surface area (Å²) in [6, 6.07) is 0. The summed E-state index contributed by atoms with van der Waals surface area (Å²) in [5, 5.41) is 16.4. The van der Waals surface area contributed by atoms with Crippen molar-refractivity contribution in [3.8, 4) is 0 Å². The maximum atomic E-state index is 11.7. The fourth-order valence-electron chi connectivity index (χ4n) is 1.03. The predicted molar refractivity (Wildman–Crippen MR) is 60.7 cm³/mol. The van der Waals surface area contributed by atoms with E-state index in [-0.39, 0.29) is 11.2 Å². The molecule has 17 heavy (non-hydrogen) atoms. The van der Waals surface area contributed by atoms with Crippen molar-refractivity contribution < 1.29 is 4.79 Å². The van der Waals surface area contributed by atoms with E-state index in [0.29, 0.717) is 11.0 Å². The fraction of sp³-hybridized carbons (Fsp3) is 0.500. The first-order chi connectivity index (χ1) is 7.97. The zero-order chi connectivity index (χ0) is 12.5. The lowest BCUT2D eigenvalue weighted by atomic mass is 9.96. The minimum atomic E-state index is -0.435. The van der Waals surface area contributed by atoms with Crippen molar-refractivity contribution in [2.75, 3.05) is 5.32 Å². The summed E-state index contributed by atoms with van der Waals surface area (Å²) >= 11 is 0.988. The number of hydrogen-bond donors (Lipinski definition) is 2. The van der Waals surface area contributed by atoms with Crippen LogP contribution in [0.2, 0.25) is 0 Å². The summed E-state index contributed by atoms with van der Waals surface area (Å²) in [4.78, 5) is 15.8. The average Bonchev–Trinajstić information content (AvgIpc) is 2.85. The molecule has 2 heterocycles. The predicted octanol–water partition coefficient (Wildman–Crippen LogP) is 0.601. The number of anilines is 1. The molecule has 0 spiro atoms. The number of amides is 1. The number of aromatic amines is 1. The third kappa shape index (κ3) is 2.61. The van der Waals surface area contributed by atoms with Crippen LogP contribution in [0, 0.1) is 0 Å². The van der Waals surface area contributed by atoms with Gasteiger partial charge in [-0.25, -0.2) is 4.98 Å². The molecule has 8 nitrogen and oxygen atoms in total. The lowest BCUT2D eigenvalue weighted by Gasteiger charge is -2.12. The van der Waals surface area contributed by atoms with Gasteiger partial charge in [-0.3, -0.25) is 15.2 Å². The van der Waals surface area contributed by atoms with E-state index >= 15 is 0 Å². The van der Waals surface area contributed by atoms with E-state index in [1.807, 2.05) is 20.8 Å². The van der Waals surface area contributed by atoms with Gasteiger partial charge in [-0.1, -0.05) is 30.4 Å². The summed E-state index contributed by atoms with van der Waals surface area (Å²) in [7, 11) is 0. The molecule has 2 aromatic rings. The number of carbonyl (C=O) groups excluding carboxylic acids is 1. The van der Waals surface area contributed by atoms with Crippen LogP contribution >= 0.6 is 11.5 Å². The molecule has 0 aromatic carbocycles. The Kier molecular flexibility index (Phi) is 2.84. The summed E-state index contributed by atoms with van der Waals surface area (Å²) in [6.07, 6.45) is 0. The van der Waals surface area contributed by atoms with Crippen LogP contribution in [0.4, 0.5) is 5.13 Å². The second-order valence-electron chi connectivity index (χ2n) is 4.38. The van der Waals surface area contributed by atoms with Crippen molar-refractivity contribution in [3.63, 3.8) is 0 Å². The second kappa shape index (κ2) is 4.17. The maximum Gasteiger partial charge on any atom is 0.297 e. The first-order valence-corrected chi connectivity index (χ1v) is 5.63. The first kappa shape index (κ1) is 11.6. The molecule has 0 unspecified atom stereocenters. The highest BCUT2D eigenvalue weighted by Gasteiger charge is 2.21. The van der Waals surface area contributed by atoms with Gasteiger partial charge in [0.15, 0.2) is 0 Å². The Balaban J connectivity index is 2.13. The van der Waals surface area contributed by atoms with Gasteiger partial charge >= 0.3 is 0 Å². The van der Waals surface area contributed by atoms with Crippen LogP contribution in [-0.2, 0) is 5.41 Å². The number of carbonyl (C=O) groups is 1. The molecule has 0 fully saturated rings. The highest BCUT2D eigenvalue weighted by molar-refractivity contribution is 7.09. The van der Waals surface area contributed by atoms with E-state index < -0.39 is 5.91 Å². The van der Waals surface area contributed by atoms with Crippen molar-refractivity contribution in [3.05, 3.63) is 11.6 Å². The van der Waals surface area contributed by atoms with Crippen LogP contribution in [-0.4, -0.2) is 35.9 Å². The summed E-state index contributed by atoms with van der Waals surface area (Å²) in [5.74, 6) is 0.290. The molecule has 0 bridgehead atoms. The third-order valence-corrected chi connectivity index (χ3v) is 2.43. The van der Waals surface area contributed by atoms with Crippen molar-refractivity contribution >= 4 is 22.6 Å². The fourth-order valence-corrected chi connectivity index (χ4v) is 1.40. The molecule has 0 atom stereocenters. The summed E-state index contributed by atoms with van der Waals surface area (Å²) < 4.78 is 3.53. The van der Waals surface area contributed by atoms with Gasteiger partial charge in [-0.15, -0.1) is 5.10 Å². The summed E-state index contributed by atoms with van der Waals surface area (Å²) in [5.41, 5.74) is -0.185. The van der Waals surface area contributed by atoms with Gasteiger partial charge in [0.1, 0.15) is 5.82 Å². The molecular formula is C8H11N7OS. The van der Waals surface area contributed by atoms with Gasteiger partial charge in [-0.2, -0.15) is 0 Å². The van der Waals surface area contributed by atoms with Gasteiger partial charge in [0.25, 0.3) is 5.91 Å². The highest BCUT2D eigenvalue weighted by Crippen LogP contribution is 2.17. The van der Waals surface area contributed by atoms with Crippen molar-refractivity contribution in [1.82, 2.24) is 30.0 Å². The smallest absolute Gasteiger partial charge is 0.292 e. The van der Waals surface area contributed by atoms with Crippen molar-refractivity contribution in [2.45, 2.75) is 26.2 Å². The van der Waals surface area contributed by atoms with Crippen LogP contribution in [0.15, 0.2) is 0 Å². The molecule has 2 rings (SSSR count). The van der Waals surface area contributed by atoms with Crippen molar-refractivity contribution in [1.29, 1.82) is 0 Å². The normalized spacial score (nSPS) is 11.5. The number of nitrogens with one attached hydrogen (secondary N) is 2. The van der Waals surface area contributed by atoms with Crippen molar-refractivity contribution in [2.24, 2.45) is 0 Å². The minimum Gasteiger partial charge on any atom is -0.292 e. The van der Waals surface area contributed by atoms with E-state index in [4.69, 9.17) is 0 Å². The zero-order valence-electron chi connectivity index (χ0n) is 9.55. The van der Waals surface area contributed by atoms with E-state index in [9.17, 15) is 4.79 Å². The van der Waals surface area contributed by atoms with E-state index in [1.165, 1.54) is 0 Å².